The number of allylic oxidation sites excluding steroid dienone is 15. The smallest absolute Gasteiger partial charge is 0.220 e. The molecule has 0 bridgehead atoms. The number of nitrogens with one attached hydrogen (secondary N) is 1. The van der Waals surface area contributed by atoms with E-state index in [1.807, 2.05) is 6.08 Å². The summed E-state index contributed by atoms with van der Waals surface area (Å²) >= 11 is 0. The number of amides is 1. The lowest BCUT2D eigenvalue weighted by atomic mass is 9.97. The van der Waals surface area contributed by atoms with Crippen LogP contribution < -0.4 is 5.32 Å². The molecule has 0 aromatic rings. The van der Waals surface area contributed by atoms with Crippen LogP contribution in [-0.4, -0.2) is 140 Å². The van der Waals surface area contributed by atoms with Crippen molar-refractivity contribution in [3.63, 3.8) is 0 Å². The molecule has 556 valence electrons. The van der Waals surface area contributed by atoms with Crippen LogP contribution in [0.25, 0.3) is 0 Å². The summed E-state index contributed by atoms with van der Waals surface area (Å²) in [6, 6.07) is -0.941. The van der Waals surface area contributed by atoms with Crippen LogP contribution in [0.1, 0.15) is 322 Å². The lowest BCUT2D eigenvalue weighted by Crippen LogP contribution is -2.65. The summed E-state index contributed by atoms with van der Waals surface area (Å²) in [6.07, 6.45) is 76.2. The molecule has 9 N–H and O–H groups in total. The SMILES string of the molecule is CC/C=C\C/C=C\C/C=C\C/C=C\C/C=C\C/C=C\CCCCCCCCCCCCCCC(=O)NC(COC1OC(CO)C(OC2OC(CO)C(O)C(O)C2O)C(O)C1O)C(O)/C=C/CC/C=C/CCCCCCCCCCCCCCCCCCCCCCCCCCC. The van der Waals surface area contributed by atoms with Crippen molar-refractivity contribution in [3.8, 4) is 0 Å². The molecule has 12 atom stereocenters. The quantitative estimate of drug-likeness (QED) is 0.0204. The largest absolute Gasteiger partial charge is 0.394 e. The van der Waals surface area contributed by atoms with Gasteiger partial charge in [0.2, 0.25) is 5.91 Å². The first-order chi connectivity index (χ1) is 47.1. The molecule has 2 saturated heterocycles. The average molecular weight is 1350 g/mol. The summed E-state index contributed by atoms with van der Waals surface area (Å²) in [7, 11) is 0. The Morgan fingerprint density at radius 3 is 1.15 bits per heavy atom. The van der Waals surface area contributed by atoms with Gasteiger partial charge in [0.15, 0.2) is 12.6 Å². The third-order valence-corrected chi connectivity index (χ3v) is 18.8. The molecule has 96 heavy (non-hydrogen) atoms. The maximum atomic E-state index is 13.4. The van der Waals surface area contributed by atoms with Gasteiger partial charge in [0.1, 0.15) is 48.8 Å². The topological polar surface area (TPSA) is 228 Å². The second kappa shape index (κ2) is 65.2. The van der Waals surface area contributed by atoms with Crippen LogP contribution >= 0.6 is 0 Å². The second-order valence-corrected chi connectivity index (χ2v) is 27.4. The van der Waals surface area contributed by atoms with Gasteiger partial charge in [-0.05, 0) is 83.5 Å². The molecule has 14 heteroatoms. The highest BCUT2D eigenvalue weighted by molar-refractivity contribution is 5.76. The van der Waals surface area contributed by atoms with Crippen LogP contribution in [0.3, 0.4) is 0 Å². The summed E-state index contributed by atoms with van der Waals surface area (Å²) in [5.41, 5.74) is 0. The summed E-state index contributed by atoms with van der Waals surface area (Å²) in [4.78, 5) is 13.4. The van der Waals surface area contributed by atoms with E-state index in [9.17, 15) is 45.6 Å². The van der Waals surface area contributed by atoms with Gasteiger partial charge in [-0.2, -0.15) is 0 Å². The molecule has 0 aromatic heterocycles. The fraction of sp³-hybridized carbons (Fsp3) is 0.793. The average Bonchev–Trinajstić information content (AvgIpc) is 0.797. The summed E-state index contributed by atoms with van der Waals surface area (Å²) in [5, 5.41) is 87.6. The Bertz CT molecular complexity index is 1980. The molecular formula is C82H145NO13. The van der Waals surface area contributed by atoms with Gasteiger partial charge in [0.05, 0.1) is 32.0 Å². The fourth-order valence-corrected chi connectivity index (χ4v) is 12.6. The van der Waals surface area contributed by atoms with E-state index in [2.05, 4.69) is 104 Å². The zero-order valence-corrected chi connectivity index (χ0v) is 60.8. The minimum atomic E-state index is -1.80. The van der Waals surface area contributed by atoms with Crippen LogP contribution in [0.15, 0.2) is 97.2 Å². The van der Waals surface area contributed by atoms with Crippen molar-refractivity contribution in [3.05, 3.63) is 97.2 Å². The fourth-order valence-electron chi connectivity index (χ4n) is 12.6. The molecule has 0 saturated carbocycles. The molecule has 14 nitrogen and oxygen atoms in total. The molecule has 2 aliphatic heterocycles. The zero-order chi connectivity index (χ0) is 69.4. The highest BCUT2D eigenvalue weighted by Crippen LogP contribution is 2.30. The van der Waals surface area contributed by atoms with Crippen molar-refractivity contribution in [2.24, 2.45) is 0 Å². The maximum Gasteiger partial charge on any atom is 0.220 e. The van der Waals surface area contributed by atoms with E-state index in [0.29, 0.717) is 12.8 Å². The third kappa shape index (κ3) is 47.9. The number of rotatable bonds is 65. The molecule has 2 aliphatic rings. The highest BCUT2D eigenvalue weighted by Gasteiger charge is 2.51. The monoisotopic (exact) mass is 1350 g/mol. The molecule has 2 heterocycles. The first kappa shape index (κ1) is 89.0. The standard InChI is InChI=1S/C82H145NO13/c1-3-5-7-9-11-13-15-17-19-21-23-25-27-29-31-33-35-37-39-41-43-45-47-49-51-53-55-57-59-61-63-65-71(86)70(69-93-81-79(92)77(90)80(73(68-85)95-81)96-82-78(91)76(89)75(88)72(67-84)94-82)83-74(87)66-64-62-60-58-56-54-52-50-48-46-44-42-40-38-36-34-32-30-28-26-24-22-20-18-16-14-12-10-8-6-4-2/h6,8,12,14,18,20,24,26,30,32,36,38,55,57,63,65,70-73,75-82,84-86,88-92H,3-5,7,9-11,13,15-17,19,21-23,25,27-29,31,33-35,37,39-54,56,58-62,64,66-69H2,1-2H3,(H,83,87)/b8-6-,14-12-,20-18-,26-24-,32-30-,38-36-,57-55+,65-63+. The number of hydrogen-bond donors (Lipinski definition) is 9. The third-order valence-electron chi connectivity index (χ3n) is 18.8. The Kier molecular flexibility index (Phi) is 60.5. The van der Waals surface area contributed by atoms with Crippen molar-refractivity contribution in [1.29, 1.82) is 0 Å². The number of aliphatic hydroxyl groups excluding tert-OH is 8. The van der Waals surface area contributed by atoms with Gasteiger partial charge in [0.25, 0.3) is 0 Å². The summed E-state index contributed by atoms with van der Waals surface area (Å²) in [5.74, 6) is -0.251. The van der Waals surface area contributed by atoms with Gasteiger partial charge in [-0.15, -0.1) is 0 Å². The Morgan fingerprint density at radius 2 is 0.729 bits per heavy atom. The van der Waals surface area contributed by atoms with Gasteiger partial charge >= 0.3 is 0 Å². The lowest BCUT2D eigenvalue weighted by molar-refractivity contribution is -0.359. The minimum absolute atomic E-state index is 0.251. The van der Waals surface area contributed by atoms with Gasteiger partial charge in [0, 0.05) is 6.42 Å². The molecule has 2 fully saturated rings. The predicted octanol–water partition coefficient (Wildman–Crippen LogP) is 17.7. The van der Waals surface area contributed by atoms with Gasteiger partial charge < -0.3 is 65.1 Å². The Hall–Kier alpha value is -3.09. The number of carbonyl (C=O) groups excluding carboxylic acids is 1. The number of aliphatic hydroxyl groups is 8. The van der Waals surface area contributed by atoms with Crippen LogP contribution in [0, 0.1) is 0 Å². The minimum Gasteiger partial charge on any atom is -0.394 e. The molecule has 1 amide bonds. The van der Waals surface area contributed by atoms with Crippen molar-refractivity contribution in [2.75, 3.05) is 19.8 Å². The number of ether oxygens (including phenoxy) is 4. The van der Waals surface area contributed by atoms with Crippen molar-refractivity contribution >= 4 is 5.91 Å². The van der Waals surface area contributed by atoms with Crippen LogP contribution in [0.2, 0.25) is 0 Å². The molecule has 12 unspecified atom stereocenters. The molecule has 2 rings (SSSR count). The van der Waals surface area contributed by atoms with E-state index in [-0.39, 0.29) is 18.9 Å². The van der Waals surface area contributed by atoms with Crippen molar-refractivity contribution in [1.82, 2.24) is 5.32 Å². The van der Waals surface area contributed by atoms with Crippen molar-refractivity contribution < 1.29 is 64.6 Å². The lowest BCUT2D eigenvalue weighted by Gasteiger charge is -2.46. The number of unbranched alkanes of at least 4 members (excludes halogenated alkanes) is 38. The first-order valence-electron chi connectivity index (χ1n) is 39.5. The maximum absolute atomic E-state index is 13.4. The molecular weight excluding hydrogens is 1210 g/mol. The van der Waals surface area contributed by atoms with E-state index in [1.165, 1.54) is 212 Å². The molecule has 0 spiro atoms. The van der Waals surface area contributed by atoms with Crippen LogP contribution in [-0.2, 0) is 23.7 Å². The van der Waals surface area contributed by atoms with E-state index >= 15 is 0 Å². The summed E-state index contributed by atoms with van der Waals surface area (Å²) < 4.78 is 22.9. The Balaban J connectivity index is 1.65. The van der Waals surface area contributed by atoms with Crippen molar-refractivity contribution in [2.45, 2.75) is 396 Å². The summed E-state index contributed by atoms with van der Waals surface area (Å²) in [6.45, 7) is 2.70. The van der Waals surface area contributed by atoms with E-state index in [0.717, 1.165) is 77.0 Å². The second-order valence-electron chi connectivity index (χ2n) is 27.4. The molecule has 0 aromatic carbocycles. The van der Waals surface area contributed by atoms with Crippen LogP contribution in [0.5, 0.6) is 0 Å². The first-order valence-corrected chi connectivity index (χ1v) is 39.5. The van der Waals surface area contributed by atoms with E-state index < -0.39 is 86.8 Å². The predicted molar refractivity (Wildman–Crippen MR) is 396 cm³/mol. The zero-order valence-electron chi connectivity index (χ0n) is 60.8. The number of carbonyl (C=O) groups is 1. The highest BCUT2D eigenvalue weighted by atomic mass is 16.7. The van der Waals surface area contributed by atoms with E-state index in [1.54, 1.807) is 6.08 Å². The van der Waals surface area contributed by atoms with Gasteiger partial charge in [-0.1, -0.05) is 329 Å². The molecule has 0 radical (unpaired) electrons. The van der Waals surface area contributed by atoms with E-state index in [4.69, 9.17) is 18.9 Å². The van der Waals surface area contributed by atoms with Gasteiger partial charge in [-0.3, -0.25) is 4.79 Å². The normalized spacial score (nSPS) is 22.8. The number of hydrogen-bond acceptors (Lipinski definition) is 13. The Labute approximate surface area is 585 Å². The van der Waals surface area contributed by atoms with Gasteiger partial charge in [-0.25, -0.2) is 0 Å². The van der Waals surface area contributed by atoms with Crippen LogP contribution in [0.4, 0.5) is 0 Å². The Morgan fingerprint density at radius 1 is 0.385 bits per heavy atom. The molecule has 0 aliphatic carbocycles.